The van der Waals surface area contributed by atoms with Crippen molar-refractivity contribution in [2.45, 2.75) is 19.4 Å². The van der Waals surface area contributed by atoms with Crippen LogP contribution in [0.5, 0.6) is 0 Å². The zero-order valence-electron chi connectivity index (χ0n) is 10.8. The molecule has 1 aliphatic heterocycles. The van der Waals surface area contributed by atoms with E-state index in [1.54, 1.807) is 4.90 Å². The first-order valence-corrected chi connectivity index (χ1v) is 6.05. The van der Waals surface area contributed by atoms with Crippen LogP contribution in [0.25, 0.3) is 0 Å². The molecule has 0 bridgehead atoms. The molecule has 4 nitrogen and oxygen atoms in total. The number of carbonyl (C=O) groups excluding carboxylic acids is 1. The smallest absolute Gasteiger partial charge is 0.227 e. The van der Waals surface area contributed by atoms with Gasteiger partial charge in [-0.05, 0) is 30.7 Å². The Morgan fingerprint density at radius 1 is 1.44 bits per heavy atom. The average Bonchev–Trinajstić information content (AvgIpc) is 2.34. The van der Waals surface area contributed by atoms with Crippen molar-refractivity contribution in [1.82, 2.24) is 4.90 Å². The quantitative estimate of drug-likeness (QED) is 0.757. The van der Waals surface area contributed by atoms with Gasteiger partial charge in [0, 0.05) is 25.7 Å². The van der Waals surface area contributed by atoms with E-state index in [0.717, 1.165) is 18.7 Å². The zero-order valence-corrected chi connectivity index (χ0v) is 10.8. The van der Waals surface area contributed by atoms with Crippen LogP contribution >= 0.6 is 0 Å². The van der Waals surface area contributed by atoms with Crippen LogP contribution in [0.3, 0.4) is 0 Å². The van der Waals surface area contributed by atoms with Crippen LogP contribution in [0.1, 0.15) is 17.5 Å². The Morgan fingerprint density at radius 3 is 2.94 bits per heavy atom. The van der Waals surface area contributed by atoms with Gasteiger partial charge < -0.3 is 4.90 Å². The Hall–Kier alpha value is -1.86. The highest BCUT2D eigenvalue weighted by molar-refractivity contribution is 5.95. The first-order chi connectivity index (χ1) is 8.61. The number of benzene rings is 1. The van der Waals surface area contributed by atoms with Gasteiger partial charge in [-0.15, -0.1) is 0 Å². The van der Waals surface area contributed by atoms with E-state index in [-0.39, 0.29) is 5.91 Å². The number of hydrogen-bond acceptors (Lipinski definition) is 3. The molecule has 0 fully saturated rings. The van der Waals surface area contributed by atoms with Crippen LogP contribution in [0, 0.1) is 11.3 Å². The number of nitriles is 1. The van der Waals surface area contributed by atoms with E-state index in [0.29, 0.717) is 13.0 Å². The molecular formula is C14H17N3O. The molecule has 1 amide bonds. The summed E-state index contributed by atoms with van der Waals surface area (Å²) in [6.07, 6.45) is 1.40. The van der Waals surface area contributed by atoms with Gasteiger partial charge in [-0.1, -0.05) is 12.1 Å². The molecule has 2 rings (SSSR count). The molecule has 0 radical (unpaired) electrons. The number of hydrogen-bond donors (Lipinski definition) is 0. The van der Waals surface area contributed by atoms with E-state index in [2.05, 4.69) is 12.1 Å². The Morgan fingerprint density at radius 2 is 2.22 bits per heavy atom. The molecule has 1 aliphatic rings. The van der Waals surface area contributed by atoms with Crippen molar-refractivity contribution < 1.29 is 4.79 Å². The molecule has 0 unspecified atom stereocenters. The minimum atomic E-state index is 0.178. The van der Waals surface area contributed by atoms with Gasteiger partial charge in [0.25, 0.3) is 0 Å². The number of nitrogens with zero attached hydrogens (tertiary/aromatic N) is 3. The number of carbonyl (C=O) groups is 1. The van der Waals surface area contributed by atoms with Gasteiger partial charge in [-0.2, -0.15) is 5.26 Å². The molecule has 0 N–H and O–H groups in total. The second-order valence-corrected chi connectivity index (χ2v) is 4.75. The Kier molecular flexibility index (Phi) is 3.63. The predicted molar refractivity (Wildman–Crippen MR) is 70.1 cm³/mol. The summed E-state index contributed by atoms with van der Waals surface area (Å²) in [5, 5.41) is 8.63. The van der Waals surface area contributed by atoms with Crippen LogP contribution in [-0.4, -0.2) is 31.4 Å². The molecule has 1 heterocycles. The summed E-state index contributed by atoms with van der Waals surface area (Å²) in [5.74, 6) is 0.178. The number of aryl methyl sites for hydroxylation is 1. The maximum absolute atomic E-state index is 11.6. The van der Waals surface area contributed by atoms with Gasteiger partial charge in [0.05, 0.1) is 12.6 Å². The van der Waals surface area contributed by atoms with Gasteiger partial charge in [-0.25, -0.2) is 0 Å². The standard InChI is InChI=1S/C14H17N3O/c1-16(8-7-15)10-11-3-5-13-12(9-11)4-6-14(18)17(13)2/h3,5,9H,4,6,8,10H2,1-2H3. The van der Waals surface area contributed by atoms with Crippen LogP contribution in [0.4, 0.5) is 5.69 Å². The highest BCUT2D eigenvalue weighted by Crippen LogP contribution is 2.27. The summed E-state index contributed by atoms with van der Waals surface area (Å²) in [5.41, 5.74) is 3.42. The molecule has 18 heavy (non-hydrogen) atoms. The van der Waals surface area contributed by atoms with Crippen molar-refractivity contribution in [3.05, 3.63) is 29.3 Å². The molecule has 1 aromatic rings. The van der Waals surface area contributed by atoms with Crippen LogP contribution in [0.15, 0.2) is 18.2 Å². The third-order valence-corrected chi connectivity index (χ3v) is 3.28. The lowest BCUT2D eigenvalue weighted by atomic mass is 9.99. The maximum atomic E-state index is 11.6. The van der Waals surface area contributed by atoms with Crippen molar-refractivity contribution in [1.29, 1.82) is 5.26 Å². The zero-order chi connectivity index (χ0) is 13.1. The fourth-order valence-corrected chi connectivity index (χ4v) is 2.30. The normalized spacial score (nSPS) is 14.6. The van der Waals surface area contributed by atoms with E-state index in [4.69, 9.17) is 5.26 Å². The minimum absolute atomic E-state index is 0.178. The molecule has 4 heteroatoms. The van der Waals surface area contributed by atoms with Crippen LogP contribution in [-0.2, 0) is 17.8 Å². The van der Waals surface area contributed by atoms with E-state index in [1.807, 2.05) is 31.1 Å². The van der Waals surface area contributed by atoms with Gasteiger partial charge in [-0.3, -0.25) is 9.69 Å². The van der Waals surface area contributed by atoms with Crippen LogP contribution < -0.4 is 4.90 Å². The third kappa shape index (κ3) is 2.52. The minimum Gasteiger partial charge on any atom is -0.315 e. The Balaban J connectivity index is 2.18. The summed E-state index contributed by atoms with van der Waals surface area (Å²) >= 11 is 0. The van der Waals surface area contributed by atoms with Crippen molar-refractivity contribution in [3.63, 3.8) is 0 Å². The monoisotopic (exact) mass is 243 g/mol. The van der Waals surface area contributed by atoms with Gasteiger partial charge in [0.15, 0.2) is 0 Å². The Bertz CT molecular complexity index is 504. The second kappa shape index (κ2) is 5.19. The summed E-state index contributed by atoms with van der Waals surface area (Å²) in [6, 6.07) is 8.31. The fraction of sp³-hybridized carbons (Fsp3) is 0.429. The summed E-state index contributed by atoms with van der Waals surface area (Å²) in [6.45, 7) is 1.19. The summed E-state index contributed by atoms with van der Waals surface area (Å²) < 4.78 is 0. The Labute approximate surface area is 107 Å². The van der Waals surface area contributed by atoms with Crippen molar-refractivity contribution >= 4 is 11.6 Å². The molecule has 0 aromatic heterocycles. The molecule has 0 saturated heterocycles. The summed E-state index contributed by atoms with van der Waals surface area (Å²) in [4.78, 5) is 15.3. The van der Waals surface area contributed by atoms with Gasteiger partial charge in [0.1, 0.15) is 0 Å². The molecule has 0 atom stereocenters. The molecule has 0 spiro atoms. The van der Waals surface area contributed by atoms with E-state index >= 15 is 0 Å². The SMILES string of the molecule is CN(CC#N)Cc1ccc2c(c1)CCC(=O)N2C. The number of fused-ring (bicyclic) bond motifs is 1. The van der Waals surface area contributed by atoms with Crippen molar-refractivity contribution in [2.24, 2.45) is 0 Å². The second-order valence-electron chi connectivity index (χ2n) is 4.75. The molecule has 94 valence electrons. The molecular weight excluding hydrogens is 226 g/mol. The number of rotatable bonds is 3. The lowest BCUT2D eigenvalue weighted by molar-refractivity contribution is -0.118. The molecule has 1 aromatic carbocycles. The molecule has 0 aliphatic carbocycles. The first-order valence-electron chi connectivity index (χ1n) is 6.05. The highest BCUT2D eigenvalue weighted by atomic mass is 16.2. The number of amides is 1. The average molecular weight is 243 g/mol. The molecule has 0 saturated carbocycles. The van der Waals surface area contributed by atoms with E-state index in [1.165, 1.54) is 11.1 Å². The fourth-order valence-electron chi connectivity index (χ4n) is 2.30. The van der Waals surface area contributed by atoms with Crippen molar-refractivity contribution in [3.8, 4) is 6.07 Å². The van der Waals surface area contributed by atoms with Gasteiger partial charge >= 0.3 is 0 Å². The largest absolute Gasteiger partial charge is 0.315 e. The van der Waals surface area contributed by atoms with Crippen LogP contribution in [0.2, 0.25) is 0 Å². The number of anilines is 1. The third-order valence-electron chi connectivity index (χ3n) is 3.28. The van der Waals surface area contributed by atoms with E-state index < -0.39 is 0 Å². The maximum Gasteiger partial charge on any atom is 0.227 e. The van der Waals surface area contributed by atoms with Crippen molar-refractivity contribution in [2.75, 3.05) is 25.5 Å². The lowest BCUT2D eigenvalue weighted by Crippen LogP contribution is -2.31. The predicted octanol–water partition coefficient (Wildman–Crippen LogP) is 1.55. The van der Waals surface area contributed by atoms with E-state index in [9.17, 15) is 4.79 Å². The summed E-state index contributed by atoms with van der Waals surface area (Å²) in [7, 11) is 3.75. The highest BCUT2D eigenvalue weighted by Gasteiger charge is 2.20. The topological polar surface area (TPSA) is 47.3 Å². The first kappa shape index (κ1) is 12.6. The lowest BCUT2D eigenvalue weighted by Gasteiger charge is -2.26. The van der Waals surface area contributed by atoms with Gasteiger partial charge in [0.2, 0.25) is 5.91 Å².